The Hall–Kier alpha value is -1.02. The molecule has 0 saturated heterocycles. The highest BCUT2D eigenvalue weighted by Gasteiger charge is 2.44. The lowest BCUT2D eigenvalue weighted by molar-refractivity contribution is 0.316. The van der Waals surface area contributed by atoms with E-state index >= 15 is 0 Å². The third-order valence-corrected chi connectivity index (χ3v) is 4.29. The zero-order chi connectivity index (χ0) is 11.2. The van der Waals surface area contributed by atoms with E-state index in [4.69, 9.17) is 16.8 Å². The SMILES string of the molecule is O/N=C1\CC2(CCCC2)c2ccc(Cl)cc21. The molecule has 1 N–H and O–H groups in total. The van der Waals surface area contributed by atoms with E-state index in [1.54, 1.807) is 0 Å². The summed E-state index contributed by atoms with van der Waals surface area (Å²) >= 11 is 6.00. The Morgan fingerprint density at radius 1 is 1.25 bits per heavy atom. The van der Waals surface area contributed by atoms with Gasteiger partial charge >= 0.3 is 0 Å². The summed E-state index contributed by atoms with van der Waals surface area (Å²) in [5.41, 5.74) is 3.43. The number of benzene rings is 1. The van der Waals surface area contributed by atoms with E-state index in [9.17, 15) is 0 Å². The molecule has 0 heterocycles. The number of halogens is 1. The Bertz CT molecular complexity index is 461. The van der Waals surface area contributed by atoms with E-state index in [1.807, 2.05) is 12.1 Å². The lowest BCUT2D eigenvalue weighted by Gasteiger charge is -2.23. The number of oxime groups is 1. The molecule has 0 aliphatic heterocycles. The lowest BCUT2D eigenvalue weighted by Crippen LogP contribution is -2.18. The Labute approximate surface area is 99.9 Å². The number of hydrogen-bond donors (Lipinski definition) is 1. The lowest BCUT2D eigenvalue weighted by atomic mass is 9.80. The average Bonchev–Trinajstić information content (AvgIpc) is 2.86. The minimum atomic E-state index is 0.238. The van der Waals surface area contributed by atoms with Gasteiger partial charge in [-0.3, -0.25) is 0 Å². The van der Waals surface area contributed by atoms with Crippen LogP contribution < -0.4 is 0 Å². The van der Waals surface area contributed by atoms with Gasteiger partial charge in [0.2, 0.25) is 0 Å². The van der Waals surface area contributed by atoms with E-state index in [2.05, 4.69) is 11.2 Å². The molecule has 1 aromatic rings. The van der Waals surface area contributed by atoms with Gasteiger partial charge in [-0.25, -0.2) is 0 Å². The second kappa shape index (κ2) is 3.49. The summed E-state index contributed by atoms with van der Waals surface area (Å²) < 4.78 is 0. The van der Waals surface area contributed by atoms with Crippen LogP contribution in [-0.2, 0) is 5.41 Å². The molecule has 3 heteroatoms. The highest BCUT2D eigenvalue weighted by Crippen LogP contribution is 2.50. The summed E-state index contributed by atoms with van der Waals surface area (Å²) in [7, 11) is 0. The monoisotopic (exact) mass is 235 g/mol. The first kappa shape index (κ1) is 10.2. The zero-order valence-corrected chi connectivity index (χ0v) is 9.80. The Morgan fingerprint density at radius 3 is 2.69 bits per heavy atom. The molecular formula is C13H14ClNO. The maximum Gasteiger partial charge on any atom is 0.0880 e. The van der Waals surface area contributed by atoms with Crippen molar-refractivity contribution in [2.45, 2.75) is 37.5 Å². The normalized spacial score (nSPS) is 24.2. The minimum Gasteiger partial charge on any atom is -0.411 e. The largest absolute Gasteiger partial charge is 0.411 e. The van der Waals surface area contributed by atoms with Crippen LogP contribution in [0.15, 0.2) is 23.4 Å². The summed E-state index contributed by atoms with van der Waals surface area (Å²) in [6.45, 7) is 0. The number of nitrogens with zero attached hydrogens (tertiary/aromatic N) is 1. The van der Waals surface area contributed by atoms with Crippen LogP contribution in [0.5, 0.6) is 0 Å². The molecule has 0 atom stereocenters. The molecule has 1 saturated carbocycles. The van der Waals surface area contributed by atoms with Gasteiger partial charge < -0.3 is 5.21 Å². The van der Waals surface area contributed by atoms with Crippen molar-refractivity contribution in [1.29, 1.82) is 0 Å². The van der Waals surface area contributed by atoms with Crippen LogP contribution in [0.1, 0.15) is 43.2 Å². The number of hydrogen-bond acceptors (Lipinski definition) is 2. The van der Waals surface area contributed by atoms with E-state index < -0.39 is 0 Å². The third kappa shape index (κ3) is 1.29. The maximum atomic E-state index is 9.09. The fourth-order valence-electron chi connectivity index (χ4n) is 3.32. The predicted molar refractivity (Wildman–Crippen MR) is 64.5 cm³/mol. The molecule has 1 aromatic carbocycles. The van der Waals surface area contributed by atoms with Gasteiger partial charge in [-0.05, 0) is 30.5 Å². The van der Waals surface area contributed by atoms with Gasteiger partial charge in [-0.15, -0.1) is 0 Å². The van der Waals surface area contributed by atoms with Crippen LogP contribution >= 0.6 is 11.6 Å². The van der Waals surface area contributed by atoms with Crippen LogP contribution in [0.3, 0.4) is 0 Å². The molecule has 16 heavy (non-hydrogen) atoms. The zero-order valence-electron chi connectivity index (χ0n) is 9.04. The van der Waals surface area contributed by atoms with Crippen LogP contribution in [0.2, 0.25) is 5.02 Å². The molecule has 0 unspecified atom stereocenters. The fraction of sp³-hybridized carbons (Fsp3) is 0.462. The van der Waals surface area contributed by atoms with Crippen molar-refractivity contribution in [3.63, 3.8) is 0 Å². The van der Waals surface area contributed by atoms with Crippen molar-refractivity contribution in [3.8, 4) is 0 Å². The Kier molecular flexibility index (Phi) is 2.21. The molecule has 2 nitrogen and oxygen atoms in total. The van der Waals surface area contributed by atoms with Crippen LogP contribution in [0.25, 0.3) is 0 Å². The van der Waals surface area contributed by atoms with Gasteiger partial charge in [0.15, 0.2) is 0 Å². The van der Waals surface area contributed by atoms with Gasteiger partial charge in [-0.2, -0.15) is 0 Å². The van der Waals surface area contributed by atoms with Gasteiger partial charge in [0.05, 0.1) is 5.71 Å². The summed E-state index contributed by atoms with van der Waals surface area (Å²) in [6.07, 6.45) is 5.85. The summed E-state index contributed by atoms with van der Waals surface area (Å²) in [5, 5.41) is 13.3. The van der Waals surface area contributed by atoms with Gasteiger partial charge in [-0.1, -0.05) is 35.7 Å². The Morgan fingerprint density at radius 2 is 2.00 bits per heavy atom. The van der Waals surface area contributed by atoms with E-state index in [1.165, 1.54) is 31.2 Å². The van der Waals surface area contributed by atoms with Crippen molar-refractivity contribution in [2.24, 2.45) is 5.16 Å². The van der Waals surface area contributed by atoms with Crippen molar-refractivity contribution in [1.82, 2.24) is 0 Å². The molecule has 2 aliphatic carbocycles. The first-order valence-electron chi connectivity index (χ1n) is 5.76. The topological polar surface area (TPSA) is 32.6 Å². The highest BCUT2D eigenvalue weighted by atomic mass is 35.5. The molecule has 0 amide bonds. The summed E-state index contributed by atoms with van der Waals surface area (Å²) in [5.74, 6) is 0. The number of rotatable bonds is 0. The molecular weight excluding hydrogens is 222 g/mol. The van der Waals surface area contributed by atoms with E-state index in [0.717, 1.165) is 22.7 Å². The van der Waals surface area contributed by atoms with E-state index in [-0.39, 0.29) is 5.41 Å². The molecule has 0 aromatic heterocycles. The molecule has 3 rings (SSSR count). The van der Waals surface area contributed by atoms with Crippen molar-refractivity contribution >= 4 is 17.3 Å². The van der Waals surface area contributed by atoms with Crippen LogP contribution in [-0.4, -0.2) is 10.9 Å². The summed E-state index contributed by atoms with van der Waals surface area (Å²) in [6, 6.07) is 5.99. The van der Waals surface area contributed by atoms with E-state index in [0.29, 0.717) is 0 Å². The smallest absolute Gasteiger partial charge is 0.0880 e. The van der Waals surface area contributed by atoms with Crippen LogP contribution in [0.4, 0.5) is 0 Å². The van der Waals surface area contributed by atoms with Crippen molar-refractivity contribution < 1.29 is 5.21 Å². The molecule has 0 bridgehead atoms. The minimum absolute atomic E-state index is 0.238. The standard InChI is InChI=1S/C13H14ClNO/c14-9-3-4-11-10(7-9)12(15-16)8-13(11)5-1-2-6-13/h3-4,7,16H,1-2,5-6,8H2/b15-12+. The Balaban J connectivity index is 2.18. The average molecular weight is 236 g/mol. The fourth-order valence-corrected chi connectivity index (χ4v) is 3.49. The summed E-state index contributed by atoms with van der Waals surface area (Å²) in [4.78, 5) is 0. The first-order chi connectivity index (χ1) is 7.75. The predicted octanol–water partition coefficient (Wildman–Crippen LogP) is 3.73. The van der Waals surface area contributed by atoms with Gasteiger partial charge in [0.25, 0.3) is 0 Å². The molecule has 0 radical (unpaired) electrons. The van der Waals surface area contributed by atoms with Crippen molar-refractivity contribution in [3.05, 3.63) is 34.3 Å². The van der Waals surface area contributed by atoms with Crippen molar-refractivity contribution in [2.75, 3.05) is 0 Å². The van der Waals surface area contributed by atoms with Gasteiger partial charge in [0.1, 0.15) is 0 Å². The highest BCUT2D eigenvalue weighted by molar-refractivity contribution is 6.31. The molecule has 1 fully saturated rings. The number of fused-ring (bicyclic) bond motifs is 2. The second-order valence-corrected chi connectivity index (χ2v) is 5.34. The van der Waals surface area contributed by atoms with Crippen LogP contribution in [0, 0.1) is 0 Å². The quantitative estimate of drug-likeness (QED) is 0.539. The van der Waals surface area contributed by atoms with Gasteiger partial charge in [0, 0.05) is 22.4 Å². The second-order valence-electron chi connectivity index (χ2n) is 4.90. The maximum absolute atomic E-state index is 9.09. The third-order valence-electron chi connectivity index (χ3n) is 4.05. The first-order valence-corrected chi connectivity index (χ1v) is 6.14. The molecule has 2 aliphatic rings. The molecule has 1 spiro atoms. The molecule has 84 valence electrons.